The van der Waals surface area contributed by atoms with E-state index >= 15 is 0 Å². The maximum absolute atomic E-state index is 6.52. The van der Waals surface area contributed by atoms with E-state index in [0.717, 1.165) is 44.5 Å². The van der Waals surface area contributed by atoms with E-state index in [9.17, 15) is 0 Å². The van der Waals surface area contributed by atoms with Gasteiger partial charge in [0.2, 0.25) is 0 Å². The van der Waals surface area contributed by atoms with Crippen LogP contribution in [0.1, 0.15) is 0 Å². The predicted molar refractivity (Wildman–Crippen MR) is 187 cm³/mol. The van der Waals surface area contributed by atoms with Gasteiger partial charge >= 0.3 is 0 Å². The summed E-state index contributed by atoms with van der Waals surface area (Å²) in [6.07, 6.45) is 1.65. The SMILES string of the molecule is c1cc(-c2ccc3oc4c(-n5c6ccccc6c6ccccc65)ncnc4c3c2)cc(-c2cccc3c2sc2ccccc23)c1. The molecule has 5 heteroatoms. The Kier molecular flexibility index (Phi) is 5.12. The van der Waals surface area contributed by atoms with Crippen molar-refractivity contribution in [3.63, 3.8) is 0 Å². The second kappa shape index (κ2) is 9.36. The van der Waals surface area contributed by atoms with Crippen molar-refractivity contribution in [2.45, 2.75) is 0 Å². The molecule has 0 saturated carbocycles. The Balaban J connectivity index is 1.14. The van der Waals surface area contributed by atoms with Gasteiger partial charge in [0.25, 0.3) is 0 Å². The number of para-hydroxylation sites is 2. The summed E-state index contributed by atoms with van der Waals surface area (Å²) >= 11 is 1.86. The van der Waals surface area contributed by atoms with Gasteiger partial charge in [-0.2, -0.15) is 0 Å². The Morgan fingerprint density at radius 1 is 0.533 bits per heavy atom. The maximum atomic E-state index is 6.52. The Morgan fingerprint density at radius 3 is 2.07 bits per heavy atom. The first kappa shape index (κ1) is 24.6. The van der Waals surface area contributed by atoms with Crippen LogP contribution in [-0.4, -0.2) is 14.5 Å². The molecule has 45 heavy (non-hydrogen) atoms. The Hall–Kier alpha value is -5.78. The van der Waals surface area contributed by atoms with Crippen LogP contribution in [0.15, 0.2) is 144 Å². The first-order valence-corrected chi connectivity index (χ1v) is 15.8. The third-order valence-electron chi connectivity index (χ3n) is 8.93. The van der Waals surface area contributed by atoms with Gasteiger partial charge in [-0.25, -0.2) is 9.97 Å². The molecule has 0 bridgehead atoms. The van der Waals surface area contributed by atoms with Gasteiger partial charge in [-0.15, -0.1) is 11.3 Å². The minimum atomic E-state index is 0.682. The van der Waals surface area contributed by atoms with E-state index in [1.807, 2.05) is 11.3 Å². The lowest BCUT2D eigenvalue weighted by Gasteiger charge is -2.08. The van der Waals surface area contributed by atoms with Crippen molar-refractivity contribution in [2.75, 3.05) is 0 Å². The average molecular weight is 594 g/mol. The van der Waals surface area contributed by atoms with Crippen LogP contribution in [0.25, 0.3) is 92.1 Å². The fourth-order valence-corrected chi connectivity index (χ4v) is 8.13. The van der Waals surface area contributed by atoms with Crippen LogP contribution < -0.4 is 0 Å². The molecule has 4 nitrogen and oxygen atoms in total. The standard InChI is InChI=1S/C40H23N3OS/c1-4-16-33-28(11-1)29-12-2-5-17-34(29)43(33)40-38-37(41-23-42-40)32-22-25(19-20-35(32)44-38)24-9-7-10-26(21-24)27-14-8-15-31-30-13-3-6-18-36(30)45-39(27)31/h1-23H. The molecule has 0 aliphatic heterocycles. The summed E-state index contributed by atoms with van der Waals surface area (Å²) in [5, 5.41) is 5.97. The topological polar surface area (TPSA) is 43.9 Å². The number of aromatic nitrogens is 3. The van der Waals surface area contributed by atoms with E-state index < -0.39 is 0 Å². The first-order chi connectivity index (χ1) is 22.3. The Bertz CT molecular complexity index is 2730. The molecule has 10 rings (SSSR count). The highest BCUT2D eigenvalue weighted by Crippen LogP contribution is 2.41. The zero-order valence-electron chi connectivity index (χ0n) is 23.9. The smallest absolute Gasteiger partial charge is 0.197 e. The van der Waals surface area contributed by atoms with Crippen LogP contribution >= 0.6 is 11.3 Å². The third-order valence-corrected chi connectivity index (χ3v) is 10.2. The molecule has 0 radical (unpaired) electrons. The molecule has 0 saturated heterocycles. The highest BCUT2D eigenvalue weighted by molar-refractivity contribution is 7.26. The fraction of sp³-hybridized carbons (Fsp3) is 0. The summed E-state index contributed by atoms with van der Waals surface area (Å²) in [6, 6.07) is 47.4. The van der Waals surface area contributed by atoms with E-state index in [-0.39, 0.29) is 0 Å². The fourth-order valence-electron chi connectivity index (χ4n) is 6.89. The van der Waals surface area contributed by atoms with Gasteiger partial charge in [-0.1, -0.05) is 97.1 Å². The zero-order valence-corrected chi connectivity index (χ0v) is 24.8. The normalized spacial score (nSPS) is 12.0. The van der Waals surface area contributed by atoms with Crippen LogP contribution in [-0.2, 0) is 0 Å². The molecule has 0 N–H and O–H groups in total. The number of rotatable bonds is 3. The molecular formula is C40H23N3OS. The second-order valence-electron chi connectivity index (χ2n) is 11.4. The molecule has 0 unspecified atom stereocenters. The molecule has 0 amide bonds. The molecular weight excluding hydrogens is 571 g/mol. The number of thiophene rings is 1. The quantitative estimate of drug-likeness (QED) is 0.205. The molecule has 0 fully saturated rings. The molecule has 10 aromatic rings. The van der Waals surface area contributed by atoms with Crippen molar-refractivity contribution in [3.05, 3.63) is 140 Å². The van der Waals surface area contributed by atoms with Crippen LogP contribution in [0.2, 0.25) is 0 Å². The van der Waals surface area contributed by atoms with Crippen LogP contribution in [0.4, 0.5) is 0 Å². The van der Waals surface area contributed by atoms with Gasteiger partial charge in [-0.05, 0) is 58.7 Å². The number of benzene rings is 6. The summed E-state index contributed by atoms with van der Waals surface area (Å²) in [6.45, 7) is 0. The van der Waals surface area contributed by atoms with Crippen LogP contribution in [0.5, 0.6) is 0 Å². The number of nitrogens with zero attached hydrogens (tertiary/aromatic N) is 3. The molecule has 210 valence electrons. The van der Waals surface area contributed by atoms with Crippen molar-refractivity contribution >= 4 is 75.4 Å². The van der Waals surface area contributed by atoms with Gasteiger partial charge in [0.1, 0.15) is 17.4 Å². The summed E-state index contributed by atoms with van der Waals surface area (Å²) in [5.41, 5.74) is 9.20. The van der Waals surface area contributed by atoms with Gasteiger partial charge in [0.05, 0.1) is 11.0 Å². The molecule has 0 aliphatic rings. The van der Waals surface area contributed by atoms with Crippen molar-refractivity contribution in [2.24, 2.45) is 0 Å². The van der Waals surface area contributed by atoms with E-state index in [1.54, 1.807) is 6.33 Å². The lowest BCUT2D eigenvalue weighted by molar-refractivity contribution is 0.662. The van der Waals surface area contributed by atoms with Crippen LogP contribution in [0, 0.1) is 0 Å². The molecule has 0 aliphatic carbocycles. The van der Waals surface area contributed by atoms with Crippen molar-refractivity contribution in [1.82, 2.24) is 14.5 Å². The van der Waals surface area contributed by atoms with Crippen molar-refractivity contribution in [3.8, 4) is 28.1 Å². The lowest BCUT2D eigenvalue weighted by atomic mass is 9.97. The van der Waals surface area contributed by atoms with E-state index in [0.29, 0.717) is 5.58 Å². The first-order valence-electron chi connectivity index (χ1n) is 15.0. The number of fused-ring (bicyclic) bond motifs is 9. The van der Waals surface area contributed by atoms with Gasteiger partial charge in [0.15, 0.2) is 11.4 Å². The monoisotopic (exact) mass is 593 g/mol. The highest BCUT2D eigenvalue weighted by atomic mass is 32.1. The summed E-state index contributed by atoms with van der Waals surface area (Å²) in [4.78, 5) is 9.51. The number of furan rings is 1. The highest BCUT2D eigenvalue weighted by Gasteiger charge is 2.20. The summed E-state index contributed by atoms with van der Waals surface area (Å²) < 4.78 is 11.3. The lowest BCUT2D eigenvalue weighted by Crippen LogP contribution is -1.98. The van der Waals surface area contributed by atoms with E-state index in [4.69, 9.17) is 14.4 Å². The Labute approximate surface area is 261 Å². The summed E-state index contributed by atoms with van der Waals surface area (Å²) in [7, 11) is 0. The van der Waals surface area contributed by atoms with E-state index in [2.05, 4.69) is 138 Å². The molecule has 6 aromatic carbocycles. The van der Waals surface area contributed by atoms with Gasteiger partial charge in [0, 0.05) is 36.3 Å². The maximum Gasteiger partial charge on any atom is 0.197 e. The van der Waals surface area contributed by atoms with Crippen molar-refractivity contribution < 1.29 is 4.42 Å². The molecule has 4 heterocycles. The number of hydrogen-bond acceptors (Lipinski definition) is 4. The predicted octanol–water partition coefficient (Wildman–Crippen LogP) is 11.2. The molecule has 0 atom stereocenters. The molecule has 4 aromatic heterocycles. The van der Waals surface area contributed by atoms with Gasteiger partial charge < -0.3 is 4.42 Å². The minimum Gasteiger partial charge on any atom is -0.450 e. The van der Waals surface area contributed by atoms with Crippen LogP contribution in [0.3, 0.4) is 0 Å². The zero-order chi connectivity index (χ0) is 29.5. The Morgan fingerprint density at radius 2 is 1.22 bits per heavy atom. The largest absolute Gasteiger partial charge is 0.450 e. The second-order valence-corrected chi connectivity index (χ2v) is 12.5. The van der Waals surface area contributed by atoms with Crippen molar-refractivity contribution in [1.29, 1.82) is 0 Å². The van der Waals surface area contributed by atoms with E-state index in [1.165, 1.54) is 42.1 Å². The average Bonchev–Trinajstić information content (AvgIpc) is 3.78. The minimum absolute atomic E-state index is 0.682. The third kappa shape index (κ3) is 3.59. The molecule has 0 spiro atoms. The van der Waals surface area contributed by atoms with Gasteiger partial charge in [-0.3, -0.25) is 4.57 Å². The summed E-state index contributed by atoms with van der Waals surface area (Å²) in [5.74, 6) is 0.744. The number of hydrogen-bond donors (Lipinski definition) is 0.